The van der Waals surface area contributed by atoms with Crippen molar-refractivity contribution in [3.63, 3.8) is 0 Å². The fraction of sp³-hybridized carbons (Fsp3) is 0.500. The van der Waals surface area contributed by atoms with Crippen molar-refractivity contribution in [2.24, 2.45) is 0 Å². The molecule has 0 unspecified atom stereocenters. The van der Waals surface area contributed by atoms with Gasteiger partial charge in [-0.05, 0) is 26.8 Å². The van der Waals surface area contributed by atoms with Gasteiger partial charge >= 0.3 is 16.2 Å². The lowest BCUT2D eigenvalue weighted by Crippen LogP contribution is -2.50. The molecule has 10 heteroatoms. The molecule has 0 amide bonds. The second-order valence-corrected chi connectivity index (χ2v) is 7.64. The number of benzene rings is 1. The molecule has 24 heavy (non-hydrogen) atoms. The van der Waals surface area contributed by atoms with E-state index >= 15 is 0 Å². The van der Waals surface area contributed by atoms with Crippen molar-refractivity contribution in [2.75, 3.05) is 17.5 Å². The molecule has 0 spiro atoms. The van der Waals surface area contributed by atoms with Crippen LogP contribution in [0.3, 0.4) is 0 Å². The van der Waals surface area contributed by atoms with Gasteiger partial charge in [-0.15, -0.1) is 0 Å². The molecule has 0 saturated carbocycles. The van der Waals surface area contributed by atoms with Gasteiger partial charge in [-0.2, -0.15) is 13.1 Å². The number of hydrogen-bond donors (Lipinski definition) is 1. The van der Waals surface area contributed by atoms with Crippen LogP contribution in [0.15, 0.2) is 24.3 Å². The van der Waals surface area contributed by atoms with Crippen molar-refractivity contribution >= 4 is 27.6 Å². The summed E-state index contributed by atoms with van der Waals surface area (Å²) >= 11 is 0. The average molecular weight is 359 g/mol. The second-order valence-electron chi connectivity index (χ2n) is 6.05. The standard InChI is InChI=1S/C14H21N3O6S/c1-11(18)23-9-8-16(24(21,22)15-14(2,3)4)12-6-5-7-13(10-12)17(19)20/h5-7,10,15H,8-9H2,1-4H3. The van der Waals surface area contributed by atoms with Crippen molar-refractivity contribution in [1.29, 1.82) is 0 Å². The molecule has 1 aromatic rings. The predicted molar refractivity (Wildman–Crippen MR) is 88.9 cm³/mol. The minimum Gasteiger partial charge on any atom is -0.464 e. The highest BCUT2D eigenvalue weighted by atomic mass is 32.2. The van der Waals surface area contributed by atoms with Gasteiger partial charge in [0.2, 0.25) is 0 Å². The Morgan fingerprint density at radius 3 is 2.50 bits per heavy atom. The van der Waals surface area contributed by atoms with Crippen molar-refractivity contribution in [3.05, 3.63) is 34.4 Å². The van der Waals surface area contributed by atoms with Gasteiger partial charge in [0.1, 0.15) is 6.61 Å². The molecule has 0 atom stereocenters. The Kier molecular flexibility index (Phi) is 6.27. The van der Waals surface area contributed by atoms with E-state index in [4.69, 9.17) is 4.74 Å². The Balaban J connectivity index is 3.20. The average Bonchev–Trinajstić information content (AvgIpc) is 2.40. The molecular weight excluding hydrogens is 338 g/mol. The van der Waals surface area contributed by atoms with E-state index in [9.17, 15) is 23.3 Å². The Morgan fingerprint density at radius 2 is 2.00 bits per heavy atom. The third kappa shape index (κ3) is 6.13. The van der Waals surface area contributed by atoms with Crippen LogP contribution in [-0.4, -0.2) is 38.0 Å². The number of non-ortho nitro benzene ring substituents is 1. The molecule has 9 nitrogen and oxygen atoms in total. The van der Waals surface area contributed by atoms with Crippen LogP contribution in [0.1, 0.15) is 27.7 Å². The Hall–Kier alpha value is -2.20. The summed E-state index contributed by atoms with van der Waals surface area (Å²) in [7, 11) is -4.00. The molecule has 134 valence electrons. The minimum atomic E-state index is -4.00. The molecule has 0 aliphatic carbocycles. The zero-order valence-electron chi connectivity index (χ0n) is 14.0. The molecule has 0 fully saturated rings. The number of carbonyl (C=O) groups excluding carboxylic acids is 1. The van der Waals surface area contributed by atoms with Crippen LogP contribution in [0.2, 0.25) is 0 Å². The third-order valence-electron chi connectivity index (χ3n) is 2.65. The quantitative estimate of drug-likeness (QED) is 0.449. The Morgan fingerprint density at radius 1 is 1.38 bits per heavy atom. The molecule has 0 saturated heterocycles. The van der Waals surface area contributed by atoms with Gasteiger partial charge in [0.15, 0.2) is 0 Å². The Bertz CT molecular complexity index is 711. The van der Waals surface area contributed by atoms with Crippen LogP contribution in [0.4, 0.5) is 11.4 Å². The van der Waals surface area contributed by atoms with E-state index in [2.05, 4.69) is 4.72 Å². The summed E-state index contributed by atoms with van der Waals surface area (Å²) in [5.41, 5.74) is -0.886. The highest BCUT2D eigenvalue weighted by molar-refractivity contribution is 7.90. The van der Waals surface area contributed by atoms with E-state index in [0.717, 1.165) is 10.4 Å². The van der Waals surface area contributed by atoms with Crippen molar-refractivity contribution in [3.8, 4) is 0 Å². The molecule has 0 aliphatic rings. The van der Waals surface area contributed by atoms with E-state index in [1.54, 1.807) is 20.8 Å². The summed E-state index contributed by atoms with van der Waals surface area (Å²) in [5.74, 6) is -0.546. The molecule has 0 bridgehead atoms. The lowest BCUT2D eigenvalue weighted by atomic mass is 10.1. The van der Waals surface area contributed by atoms with E-state index < -0.39 is 26.6 Å². The van der Waals surface area contributed by atoms with Crippen LogP contribution in [0, 0.1) is 10.1 Å². The first-order valence-corrected chi connectivity index (χ1v) is 8.56. The lowest BCUT2D eigenvalue weighted by molar-refractivity contribution is -0.384. The predicted octanol–water partition coefficient (Wildman–Crippen LogP) is 1.60. The fourth-order valence-corrected chi connectivity index (χ4v) is 3.45. The van der Waals surface area contributed by atoms with Gasteiger partial charge in [-0.25, -0.2) is 0 Å². The van der Waals surface area contributed by atoms with Crippen LogP contribution >= 0.6 is 0 Å². The van der Waals surface area contributed by atoms with Gasteiger partial charge < -0.3 is 4.74 Å². The van der Waals surface area contributed by atoms with E-state index in [0.29, 0.717) is 0 Å². The van der Waals surface area contributed by atoms with Gasteiger partial charge in [0.05, 0.1) is 17.2 Å². The zero-order valence-corrected chi connectivity index (χ0v) is 14.8. The molecule has 1 N–H and O–H groups in total. The first-order chi connectivity index (χ1) is 10.9. The van der Waals surface area contributed by atoms with E-state index in [-0.39, 0.29) is 24.5 Å². The minimum absolute atomic E-state index is 0.105. The highest BCUT2D eigenvalue weighted by Crippen LogP contribution is 2.23. The number of nitrogens with zero attached hydrogens (tertiary/aromatic N) is 2. The topological polar surface area (TPSA) is 119 Å². The van der Waals surface area contributed by atoms with Gasteiger partial charge in [0, 0.05) is 24.6 Å². The molecule has 0 heterocycles. The summed E-state index contributed by atoms with van der Waals surface area (Å²) in [6, 6.07) is 5.23. The maximum Gasteiger partial charge on any atom is 0.302 e. The number of rotatable bonds is 7. The molecule has 1 aromatic carbocycles. The number of ether oxygens (including phenoxy) is 1. The summed E-state index contributed by atoms with van der Waals surface area (Å²) < 4.78 is 33.4. The normalized spacial score (nSPS) is 11.8. The molecular formula is C14H21N3O6S. The summed E-state index contributed by atoms with van der Waals surface area (Å²) in [6.45, 7) is 5.86. The molecule has 0 radical (unpaired) electrons. The first kappa shape index (κ1) is 19.8. The van der Waals surface area contributed by atoms with Crippen LogP contribution in [0.5, 0.6) is 0 Å². The number of nitro benzene ring substituents is 1. The molecule has 1 rings (SSSR count). The molecule has 0 aromatic heterocycles. The highest BCUT2D eigenvalue weighted by Gasteiger charge is 2.28. The third-order valence-corrected chi connectivity index (χ3v) is 4.50. The SMILES string of the molecule is CC(=O)OCCN(c1cccc([N+](=O)[O-])c1)S(=O)(=O)NC(C)(C)C. The van der Waals surface area contributed by atoms with Gasteiger partial charge in [0.25, 0.3) is 5.69 Å². The zero-order chi connectivity index (χ0) is 18.5. The van der Waals surface area contributed by atoms with Gasteiger partial charge in [-0.3, -0.25) is 19.2 Å². The van der Waals surface area contributed by atoms with Crippen molar-refractivity contribution in [1.82, 2.24) is 4.72 Å². The maximum atomic E-state index is 12.6. The van der Waals surface area contributed by atoms with E-state index in [1.807, 2.05) is 0 Å². The number of nitro groups is 1. The van der Waals surface area contributed by atoms with Crippen molar-refractivity contribution < 1.29 is 22.9 Å². The number of anilines is 1. The molecule has 0 aliphatic heterocycles. The lowest BCUT2D eigenvalue weighted by Gasteiger charge is -2.29. The number of hydrogen-bond acceptors (Lipinski definition) is 6. The number of carbonyl (C=O) groups is 1. The number of nitrogens with one attached hydrogen (secondary N) is 1. The van der Waals surface area contributed by atoms with E-state index in [1.165, 1.54) is 25.1 Å². The largest absolute Gasteiger partial charge is 0.464 e. The van der Waals surface area contributed by atoms with Gasteiger partial charge in [-0.1, -0.05) is 6.07 Å². The summed E-state index contributed by atoms with van der Waals surface area (Å²) in [4.78, 5) is 21.2. The van der Waals surface area contributed by atoms with Crippen LogP contribution < -0.4 is 9.03 Å². The summed E-state index contributed by atoms with van der Waals surface area (Å²) in [5, 5.41) is 10.9. The monoisotopic (exact) mass is 359 g/mol. The first-order valence-electron chi connectivity index (χ1n) is 7.12. The summed E-state index contributed by atoms with van der Waals surface area (Å²) in [6.07, 6.45) is 0. The van der Waals surface area contributed by atoms with Crippen molar-refractivity contribution in [2.45, 2.75) is 33.2 Å². The Labute approximate surface area is 140 Å². The fourth-order valence-electron chi connectivity index (χ4n) is 1.86. The second kappa shape index (κ2) is 7.58. The van der Waals surface area contributed by atoms with Crippen LogP contribution in [-0.2, 0) is 19.7 Å². The maximum absolute atomic E-state index is 12.6. The smallest absolute Gasteiger partial charge is 0.302 e. The van der Waals surface area contributed by atoms with Crippen LogP contribution in [0.25, 0.3) is 0 Å². The number of esters is 1.